The molecule has 3 aromatic carbocycles. The molecule has 1 unspecified atom stereocenters. The monoisotopic (exact) mass is 531 g/mol. The number of amidine groups is 1. The topological polar surface area (TPSA) is 87.1 Å². The first-order valence-corrected chi connectivity index (χ1v) is 14.4. The Hall–Kier alpha value is -2.72. The molecule has 35 heavy (non-hydrogen) atoms. The van der Waals surface area contributed by atoms with E-state index < -0.39 is 26.2 Å². The lowest BCUT2D eigenvalue weighted by atomic mass is 10.1. The molecule has 10 heteroatoms. The minimum Gasteiger partial charge on any atom is -0.336 e. The highest BCUT2D eigenvalue weighted by molar-refractivity contribution is 7.90. The molecule has 0 N–H and O–H groups in total. The van der Waals surface area contributed by atoms with Crippen molar-refractivity contribution in [3.63, 3.8) is 0 Å². The molecule has 1 heterocycles. The molecule has 0 spiro atoms. The molecule has 1 aliphatic heterocycles. The van der Waals surface area contributed by atoms with E-state index in [9.17, 15) is 16.8 Å². The Morgan fingerprint density at radius 2 is 1.37 bits per heavy atom. The first-order chi connectivity index (χ1) is 16.6. The summed E-state index contributed by atoms with van der Waals surface area (Å²) in [5.74, 6) is -0.116. The molecule has 0 aromatic heterocycles. The van der Waals surface area contributed by atoms with E-state index in [0.29, 0.717) is 5.56 Å². The molecule has 1 fully saturated rings. The molecular formula is C25H26ClN3O4S2. The summed E-state index contributed by atoms with van der Waals surface area (Å²) < 4.78 is 58.8. The highest BCUT2D eigenvalue weighted by atomic mass is 35.5. The van der Waals surface area contributed by atoms with Crippen molar-refractivity contribution in [1.82, 2.24) is 9.21 Å². The van der Waals surface area contributed by atoms with Gasteiger partial charge in [0.05, 0.1) is 15.7 Å². The second-order valence-electron chi connectivity index (χ2n) is 8.34. The van der Waals surface area contributed by atoms with Gasteiger partial charge < -0.3 is 4.90 Å². The number of halogens is 1. The average Bonchev–Trinajstić information content (AvgIpc) is 3.30. The standard InChI is InChI=1S/C25H26ClN3O4S2/c1-19-8-12-22(13-9-19)34(30,31)27-24(18-26)28-16-17-29(25(28)21-6-4-3-5-7-21)35(32,33)23-14-10-20(2)11-15-23/h3-15,25H,16-18H2,1-2H3/b27-24-. The Morgan fingerprint density at radius 1 is 0.829 bits per heavy atom. The van der Waals surface area contributed by atoms with Crippen LogP contribution in [0.1, 0.15) is 22.9 Å². The Morgan fingerprint density at radius 3 is 1.91 bits per heavy atom. The fraction of sp³-hybridized carbons (Fsp3) is 0.240. The second-order valence-corrected chi connectivity index (χ2v) is 12.1. The maximum absolute atomic E-state index is 13.6. The molecule has 0 aliphatic carbocycles. The van der Waals surface area contributed by atoms with Crippen LogP contribution in [0.5, 0.6) is 0 Å². The van der Waals surface area contributed by atoms with Gasteiger partial charge in [0.15, 0.2) is 0 Å². The summed E-state index contributed by atoms with van der Waals surface area (Å²) in [7, 11) is -7.93. The van der Waals surface area contributed by atoms with Gasteiger partial charge in [0.25, 0.3) is 10.0 Å². The van der Waals surface area contributed by atoms with Crippen LogP contribution < -0.4 is 0 Å². The third-order valence-corrected chi connectivity index (χ3v) is 9.28. The zero-order valence-corrected chi connectivity index (χ0v) is 21.8. The van der Waals surface area contributed by atoms with Gasteiger partial charge >= 0.3 is 0 Å². The highest BCUT2D eigenvalue weighted by Crippen LogP contribution is 2.36. The van der Waals surface area contributed by atoms with Crippen LogP contribution in [0.4, 0.5) is 0 Å². The van der Waals surface area contributed by atoms with Crippen molar-refractivity contribution in [2.24, 2.45) is 4.40 Å². The van der Waals surface area contributed by atoms with Crippen molar-refractivity contribution in [3.05, 3.63) is 95.6 Å². The summed E-state index contributed by atoms with van der Waals surface area (Å²) in [6.45, 7) is 4.13. The smallest absolute Gasteiger partial charge is 0.283 e. The van der Waals surface area contributed by atoms with Gasteiger partial charge in [-0.05, 0) is 43.7 Å². The molecule has 1 atom stereocenters. The summed E-state index contributed by atoms with van der Waals surface area (Å²) in [6.07, 6.45) is -0.798. The Kier molecular flexibility index (Phi) is 7.32. The van der Waals surface area contributed by atoms with Crippen LogP contribution in [0, 0.1) is 13.8 Å². The molecule has 0 amide bonds. The Balaban J connectivity index is 1.78. The first kappa shape index (κ1) is 25.4. The van der Waals surface area contributed by atoms with Gasteiger partial charge in [0.1, 0.15) is 12.0 Å². The van der Waals surface area contributed by atoms with E-state index in [0.717, 1.165) is 11.1 Å². The summed E-state index contributed by atoms with van der Waals surface area (Å²) >= 11 is 6.21. The molecule has 1 aliphatic rings. The van der Waals surface area contributed by atoms with Crippen LogP contribution in [0.15, 0.2) is 93.1 Å². The van der Waals surface area contributed by atoms with Crippen LogP contribution in [0.2, 0.25) is 0 Å². The molecular weight excluding hydrogens is 506 g/mol. The number of benzene rings is 3. The van der Waals surface area contributed by atoms with Crippen LogP contribution in [0.3, 0.4) is 0 Å². The fourth-order valence-corrected chi connectivity index (χ4v) is 6.89. The zero-order valence-electron chi connectivity index (χ0n) is 19.4. The zero-order chi connectivity index (χ0) is 25.2. The van der Waals surface area contributed by atoms with E-state index in [1.54, 1.807) is 53.4 Å². The Bertz CT molecular complexity index is 1420. The van der Waals surface area contributed by atoms with Gasteiger partial charge in [-0.15, -0.1) is 16.0 Å². The Labute approximate surface area is 211 Å². The van der Waals surface area contributed by atoms with Crippen molar-refractivity contribution in [2.45, 2.75) is 29.8 Å². The number of alkyl halides is 1. The minimum atomic E-state index is -4.05. The molecule has 184 valence electrons. The quantitative estimate of drug-likeness (QED) is 0.268. The first-order valence-electron chi connectivity index (χ1n) is 11.0. The summed E-state index contributed by atoms with van der Waals surface area (Å²) in [6, 6.07) is 22.1. The van der Waals surface area contributed by atoms with Gasteiger partial charge in [0, 0.05) is 13.1 Å². The second kappa shape index (κ2) is 10.1. The van der Waals surface area contributed by atoms with Crippen LogP contribution >= 0.6 is 11.6 Å². The van der Waals surface area contributed by atoms with E-state index in [2.05, 4.69) is 4.40 Å². The lowest BCUT2D eigenvalue weighted by Gasteiger charge is -2.31. The number of sulfonamides is 2. The van der Waals surface area contributed by atoms with E-state index in [1.807, 2.05) is 32.0 Å². The largest absolute Gasteiger partial charge is 0.336 e. The van der Waals surface area contributed by atoms with Gasteiger partial charge in [-0.1, -0.05) is 65.7 Å². The van der Waals surface area contributed by atoms with Gasteiger partial charge in [0.2, 0.25) is 10.0 Å². The van der Waals surface area contributed by atoms with Gasteiger partial charge in [-0.3, -0.25) is 0 Å². The van der Waals surface area contributed by atoms with E-state index in [4.69, 9.17) is 11.6 Å². The molecule has 3 aromatic rings. The van der Waals surface area contributed by atoms with Crippen molar-refractivity contribution in [3.8, 4) is 0 Å². The molecule has 4 rings (SSSR count). The average molecular weight is 532 g/mol. The van der Waals surface area contributed by atoms with Gasteiger partial charge in [-0.25, -0.2) is 8.42 Å². The van der Waals surface area contributed by atoms with E-state index >= 15 is 0 Å². The van der Waals surface area contributed by atoms with E-state index in [-0.39, 0.29) is 34.6 Å². The molecule has 1 saturated heterocycles. The number of hydrogen-bond acceptors (Lipinski definition) is 4. The van der Waals surface area contributed by atoms with E-state index in [1.165, 1.54) is 16.4 Å². The summed E-state index contributed by atoms with van der Waals surface area (Å²) in [4.78, 5) is 1.87. The molecule has 0 bridgehead atoms. The van der Waals surface area contributed by atoms with Gasteiger partial charge in [-0.2, -0.15) is 12.7 Å². The van der Waals surface area contributed by atoms with Crippen molar-refractivity contribution in [1.29, 1.82) is 0 Å². The van der Waals surface area contributed by atoms with Crippen molar-refractivity contribution >= 4 is 37.5 Å². The molecule has 0 saturated carbocycles. The third-order valence-electron chi connectivity index (χ3n) is 5.85. The number of rotatable bonds is 6. The summed E-state index contributed by atoms with van der Waals surface area (Å²) in [5, 5.41) is 0. The van der Waals surface area contributed by atoms with Crippen LogP contribution in [-0.2, 0) is 20.0 Å². The van der Waals surface area contributed by atoms with Crippen LogP contribution in [-0.4, -0.2) is 50.8 Å². The van der Waals surface area contributed by atoms with Crippen LogP contribution in [0.25, 0.3) is 0 Å². The number of nitrogens with zero attached hydrogens (tertiary/aromatic N) is 3. The lowest BCUT2D eigenvalue weighted by Crippen LogP contribution is -2.39. The maximum atomic E-state index is 13.6. The van der Waals surface area contributed by atoms with Crippen molar-refractivity contribution in [2.75, 3.05) is 19.0 Å². The molecule has 0 radical (unpaired) electrons. The SMILES string of the molecule is Cc1ccc(S(=O)(=O)/N=C(/CCl)N2CCN(S(=O)(=O)c3ccc(C)cc3)C2c2ccccc2)cc1. The summed E-state index contributed by atoms with van der Waals surface area (Å²) in [5.41, 5.74) is 2.56. The maximum Gasteiger partial charge on any atom is 0.283 e. The predicted octanol–water partition coefficient (Wildman–Crippen LogP) is 4.33. The number of hydrogen-bond donors (Lipinski definition) is 0. The number of aryl methyl sites for hydroxylation is 2. The predicted molar refractivity (Wildman–Crippen MR) is 137 cm³/mol. The van der Waals surface area contributed by atoms with Crippen molar-refractivity contribution < 1.29 is 16.8 Å². The minimum absolute atomic E-state index is 0.0466. The molecule has 7 nitrogen and oxygen atoms in total. The highest BCUT2D eigenvalue weighted by Gasteiger charge is 2.42. The third kappa shape index (κ3) is 5.28. The fourth-order valence-electron chi connectivity index (χ4n) is 4.00. The normalized spacial score (nSPS) is 17.6. The lowest BCUT2D eigenvalue weighted by molar-refractivity contribution is 0.284.